The predicted molar refractivity (Wildman–Crippen MR) is 78.9 cm³/mol. The van der Waals surface area contributed by atoms with Crippen molar-refractivity contribution in [3.8, 4) is 0 Å². The smallest absolute Gasteiger partial charge is 0.0245 e. The lowest BCUT2D eigenvalue weighted by Crippen LogP contribution is -2.52. The first kappa shape index (κ1) is 14.3. The van der Waals surface area contributed by atoms with Crippen molar-refractivity contribution in [3.63, 3.8) is 0 Å². The van der Waals surface area contributed by atoms with Crippen molar-refractivity contribution < 1.29 is 0 Å². The zero-order valence-corrected chi connectivity index (χ0v) is 12.7. The van der Waals surface area contributed by atoms with E-state index in [1.54, 1.807) is 0 Å². The molecule has 1 aliphatic heterocycles. The van der Waals surface area contributed by atoms with Gasteiger partial charge in [-0.25, -0.2) is 0 Å². The third-order valence-corrected chi connectivity index (χ3v) is 5.12. The third kappa shape index (κ3) is 3.96. The van der Waals surface area contributed by atoms with Crippen LogP contribution in [0.2, 0.25) is 0 Å². The van der Waals surface area contributed by atoms with Crippen LogP contribution in [0.1, 0.15) is 58.8 Å². The minimum Gasteiger partial charge on any atom is -0.312 e. The molecule has 0 radical (unpaired) electrons. The zero-order valence-electron chi connectivity index (χ0n) is 12.7. The van der Waals surface area contributed by atoms with Crippen LogP contribution in [0.3, 0.4) is 0 Å². The molecular weight excluding hydrogens is 220 g/mol. The number of hydrogen-bond donors (Lipinski definition) is 1. The molecule has 106 valence electrons. The highest BCUT2D eigenvalue weighted by molar-refractivity contribution is 4.90. The summed E-state index contributed by atoms with van der Waals surface area (Å²) >= 11 is 0. The van der Waals surface area contributed by atoms with Crippen molar-refractivity contribution in [1.82, 2.24) is 10.2 Å². The van der Waals surface area contributed by atoms with Crippen LogP contribution < -0.4 is 5.32 Å². The van der Waals surface area contributed by atoms with Crippen LogP contribution in [0.25, 0.3) is 0 Å². The van der Waals surface area contributed by atoms with E-state index in [9.17, 15) is 0 Å². The monoisotopic (exact) mass is 252 g/mol. The van der Waals surface area contributed by atoms with Gasteiger partial charge in [0.15, 0.2) is 0 Å². The molecule has 0 aromatic carbocycles. The van der Waals surface area contributed by atoms with Gasteiger partial charge in [-0.1, -0.05) is 33.1 Å². The van der Waals surface area contributed by atoms with Crippen LogP contribution in [-0.2, 0) is 0 Å². The molecule has 2 heteroatoms. The van der Waals surface area contributed by atoms with Gasteiger partial charge in [-0.2, -0.15) is 0 Å². The van der Waals surface area contributed by atoms with Crippen molar-refractivity contribution in [3.05, 3.63) is 0 Å². The van der Waals surface area contributed by atoms with Gasteiger partial charge in [-0.3, -0.25) is 0 Å². The number of piperidine rings is 1. The van der Waals surface area contributed by atoms with Gasteiger partial charge in [0.25, 0.3) is 0 Å². The van der Waals surface area contributed by atoms with Crippen molar-refractivity contribution in [1.29, 1.82) is 0 Å². The Bertz CT molecular complexity index is 243. The lowest BCUT2D eigenvalue weighted by molar-refractivity contribution is 0.125. The van der Waals surface area contributed by atoms with Crippen LogP contribution in [0.5, 0.6) is 0 Å². The summed E-state index contributed by atoms with van der Waals surface area (Å²) in [7, 11) is 2.32. The first-order valence-corrected chi connectivity index (χ1v) is 8.00. The largest absolute Gasteiger partial charge is 0.312 e. The summed E-state index contributed by atoms with van der Waals surface area (Å²) in [5, 5.41) is 3.74. The van der Waals surface area contributed by atoms with Crippen molar-refractivity contribution in [2.75, 3.05) is 26.7 Å². The van der Waals surface area contributed by atoms with E-state index in [0.29, 0.717) is 11.5 Å². The molecule has 1 N–H and O–H groups in total. The fraction of sp³-hybridized carbons (Fsp3) is 1.00. The van der Waals surface area contributed by atoms with E-state index in [1.807, 2.05) is 0 Å². The maximum Gasteiger partial charge on any atom is 0.0245 e. The molecule has 1 saturated heterocycles. The molecule has 1 aliphatic carbocycles. The average molecular weight is 252 g/mol. The van der Waals surface area contributed by atoms with Gasteiger partial charge in [0.05, 0.1) is 0 Å². The fourth-order valence-corrected chi connectivity index (χ4v) is 3.78. The molecule has 0 amide bonds. The summed E-state index contributed by atoms with van der Waals surface area (Å²) in [6, 6.07) is 0.680. The minimum absolute atomic E-state index is 0.471. The molecule has 2 rings (SSSR count). The van der Waals surface area contributed by atoms with Gasteiger partial charge in [0, 0.05) is 19.1 Å². The Morgan fingerprint density at radius 3 is 2.44 bits per heavy atom. The number of nitrogens with one attached hydrogen (secondary N) is 1. The molecule has 1 heterocycles. The van der Waals surface area contributed by atoms with Crippen LogP contribution >= 0.6 is 0 Å². The summed E-state index contributed by atoms with van der Waals surface area (Å²) in [6.07, 6.45) is 10.0. The standard InChI is InChI=1S/C16H32N2/c1-16(2)10-7-11-17-15(16)13-18(3)12-14-8-5-4-6-9-14/h14-15,17H,4-13H2,1-3H3. The molecule has 1 unspecified atom stereocenters. The number of likely N-dealkylation sites (N-methyl/N-ethyl adjacent to an activating group) is 1. The minimum atomic E-state index is 0.471. The summed E-state index contributed by atoms with van der Waals surface area (Å²) in [6.45, 7) is 8.61. The number of nitrogens with zero attached hydrogens (tertiary/aromatic N) is 1. The fourth-order valence-electron chi connectivity index (χ4n) is 3.78. The third-order valence-electron chi connectivity index (χ3n) is 5.12. The highest BCUT2D eigenvalue weighted by atomic mass is 15.1. The van der Waals surface area contributed by atoms with Gasteiger partial charge >= 0.3 is 0 Å². The summed E-state index contributed by atoms with van der Waals surface area (Å²) in [5.74, 6) is 0.968. The molecular formula is C16H32N2. The van der Waals surface area contributed by atoms with E-state index < -0.39 is 0 Å². The first-order valence-electron chi connectivity index (χ1n) is 8.00. The van der Waals surface area contributed by atoms with E-state index in [0.717, 1.165) is 5.92 Å². The second kappa shape index (κ2) is 6.38. The average Bonchev–Trinajstić information content (AvgIpc) is 2.33. The summed E-state index contributed by atoms with van der Waals surface area (Å²) in [5.41, 5.74) is 0.471. The maximum absolute atomic E-state index is 3.74. The Labute approximate surface area is 114 Å². The van der Waals surface area contributed by atoms with Crippen molar-refractivity contribution in [2.45, 2.75) is 64.8 Å². The Morgan fingerprint density at radius 2 is 1.78 bits per heavy atom. The first-order chi connectivity index (χ1) is 8.58. The van der Waals surface area contributed by atoms with E-state index in [4.69, 9.17) is 0 Å². The molecule has 1 saturated carbocycles. The molecule has 2 nitrogen and oxygen atoms in total. The molecule has 0 aromatic rings. The van der Waals surface area contributed by atoms with Gasteiger partial charge in [0.2, 0.25) is 0 Å². The number of rotatable bonds is 4. The second-order valence-electron chi connectivity index (χ2n) is 7.32. The highest BCUT2D eigenvalue weighted by Gasteiger charge is 2.32. The Morgan fingerprint density at radius 1 is 1.06 bits per heavy atom. The van der Waals surface area contributed by atoms with Crippen LogP contribution in [-0.4, -0.2) is 37.6 Å². The van der Waals surface area contributed by atoms with Crippen LogP contribution in [0, 0.1) is 11.3 Å². The molecule has 18 heavy (non-hydrogen) atoms. The lowest BCUT2D eigenvalue weighted by Gasteiger charge is -2.42. The highest BCUT2D eigenvalue weighted by Crippen LogP contribution is 2.31. The lowest BCUT2D eigenvalue weighted by atomic mass is 9.77. The molecule has 2 aliphatic rings. The maximum atomic E-state index is 3.74. The van der Waals surface area contributed by atoms with Crippen LogP contribution in [0.15, 0.2) is 0 Å². The van der Waals surface area contributed by atoms with E-state index in [1.165, 1.54) is 64.6 Å². The molecule has 0 spiro atoms. The predicted octanol–water partition coefficient (Wildman–Crippen LogP) is 3.28. The Kier molecular flexibility index (Phi) is 5.08. The Balaban J connectivity index is 1.77. The van der Waals surface area contributed by atoms with Gasteiger partial charge < -0.3 is 10.2 Å². The normalized spacial score (nSPS) is 29.7. The molecule has 1 atom stereocenters. The molecule has 2 fully saturated rings. The quantitative estimate of drug-likeness (QED) is 0.826. The van der Waals surface area contributed by atoms with E-state index in [-0.39, 0.29) is 0 Å². The van der Waals surface area contributed by atoms with Crippen molar-refractivity contribution >= 4 is 0 Å². The molecule has 0 aromatic heterocycles. The van der Waals surface area contributed by atoms with E-state index >= 15 is 0 Å². The molecule has 0 bridgehead atoms. The summed E-state index contributed by atoms with van der Waals surface area (Å²) in [4.78, 5) is 2.58. The Hall–Kier alpha value is -0.0800. The zero-order chi connectivity index (χ0) is 13.0. The van der Waals surface area contributed by atoms with Gasteiger partial charge in [-0.05, 0) is 50.6 Å². The number of hydrogen-bond acceptors (Lipinski definition) is 2. The van der Waals surface area contributed by atoms with Crippen molar-refractivity contribution in [2.24, 2.45) is 11.3 Å². The summed E-state index contributed by atoms with van der Waals surface area (Å²) < 4.78 is 0. The van der Waals surface area contributed by atoms with E-state index in [2.05, 4.69) is 31.1 Å². The topological polar surface area (TPSA) is 15.3 Å². The van der Waals surface area contributed by atoms with Crippen LogP contribution in [0.4, 0.5) is 0 Å². The van der Waals surface area contributed by atoms with Gasteiger partial charge in [0.1, 0.15) is 0 Å². The SMILES string of the molecule is CN(CC1CCCCC1)CC1NCCCC1(C)C. The second-order valence-corrected chi connectivity index (χ2v) is 7.32. The van der Waals surface area contributed by atoms with Gasteiger partial charge in [-0.15, -0.1) is 0 Å².